The van der Waals surface area contributed by atoms with Gasteiger partial charge in [-0.3, -0.25) is 0 Å². The van der Waals surface area contributed by atoms with Gasteiger partial charge in [-0.25, -0.2) is 0 Å². The molecule has 0 rings (SSSR count). The van der Waals surface area contributed by atoms with Crippen molar-refractivity contribution in [3.63, 3.8) is 0 Å². The summed E-state index contributed by atoms with van der Waals surface area (Å²) in [7, 11) is -2.65. The predicted octanol–water partition coefficient (Wildman–Crippen LogP) is 2.46. The van der Waals surface area contributed by atoms with E-state index >= 15 is 0 Å². The van der Waals surface area contributed by atoms with Gasteiger partial charge in [-0.2, -0.15) is 4.20 Å². The summed E-state index contributed by atoms with van der Waals surface area (Å²) in [4.78, 5) is 7.22. The lowest BCUT2D eigenvalue weighted by Gasteiger charge is -1.86. The van der Waals surface area contributed by atoms with Crippen LogP contribution in [0.5, 0.6) is 0 Å². The van der Waals surface area contributed by atoms with E-state index in [0.717, 1.165) is 13.2 Å². The first-order chi connectivity index (χ1) is 4.15. The summed E-state index contributed by atoms with van der Waals surface area (Å²) in [6.45, 7) is 5.67. The van der Waals surface area contributed by atoms with Gasteiger partial charge < -0.3 is 9.63 Å². The molecule has 0 amide bonds. The second-order valence-electron chi connectivity index (χ2n) is 0.997. The van der Waals surface area contributed by atoms with Gasteiger partial charge in [-0.1, -0.05) is 0 Å². The molecule has 0 spiro atoms. The highest BCUT2D eigenvalue weighted by molar-refractivity contribution is 7.74. The topological polar surface area (TPSA) is 29.5 Å². The van der Waals surface area contributed by atoms with Crippen LogP contribution in [0.3, 0.4) is 0 Å². The van der Waals surface area contributed by atoms with Crippen molar-refractivity contribution in [3.8, 4) is 0 Å². The quantitative estimate of drug-likeness (QED) is 0.655. The molecule has 0 bridgehead atoms. The Balaban J connectivity index is 0. The van der Waals surface area contributed by atoms with Crippen LogP contribution in [-0.4, -0.2) is 18.1 Å². The highest BCUT2D eigenvalue weighted by Crippen LogP contribution is 2.36. The van der Waals surface area contributed by atoms with E-state index in [0.29, 0.717) is 0 Å². The fourth-order valence-electron chi connectivity index (χ4n) is 0.204. The molecule has 0 fully saturated rings. The summed E-state index contributed by atoms with van der Waals surface area (Å²) in [5.74, 6) is 0. The van der Waals surface area contributed by atoms with Crippen LogP contribution in [0.15, 0.2) is 0 Å². The van der Waals surface area contributed by atoms with Crippen LogP contribution in [0.25, 0.3) is 0 Å². The third-order valence-corrected chi connectivity index (χ3v) is 0.408. The van der Waals surface area contributed by atoms with Crippen LogP contribution in [0.4, 0.5) is 4.20 Å². The molecule has 0 radical (unpaired) electrons. The first-order valence-corrected chi connectivity index (χ1v) is 4.62. The van der Waals surface area contributed by atoms with Gasteiger partial charge in [0, 0.05) is 13.2 Å². The van der Waals surface area contributed by atoms with Gasteiger partial charge in [0.25, 0.3) is 0 Å². The molecule has 0 aliphatic rings. The maximum atomic E-state index is 10.4. The maximum Gasteiger partial charge on any atom is 0.318 e. The number of hydrogen-bond donors (Lipinski definition) is 1. The Kier molecular flexibility index (Phi) is 15.5. The molecule has 0 aromatic heterocycles. The Morgan fingerprint density at radius 3 is 1.78 bits per heavy atom. The molecule has 1 unspecified atom stereocenters. The first kappa shape index (κ1) is 12.3. The zero-order chi connectivity index (χ0) is 7.70. The average Bonchev–Trinajstić information content (AvgIpc) is 1.66. The van der Waals surface area contributed by atoms with Crippen LogP contribution >= 0.6 is 19.1 Å². The van der Waals surface area contributed by atoms with E-state index in [4.69, 9.17) is 9.63 Å². The second-order valence-corrected chi connectivity index (χ2v) is 2.26. The van der Waals surface area contributed by atoms with E-state index in [1.165, 1.54) is 0 Å². The van der Waals surface area contributed by atoms with Crippen molar-refractivity contribution in [2.45, 2.75) is 13.8 Å². The monoisotopic (exact) mass is 176 g/mol. The normalized spacial score (nSPS) is 11.7. The zero-order valence-corrected chi connectivity index (χ0v) is 7.12. The molecule has 1 N–H and O–H groups in total. The Morgan fingerprint density at radius 2 is 1.78 bits per heavy atom. The molecule has 58 valence electrons. The van der Waals surface area contributed by atoms with E-state index in [-0.39, 0.29) is 0 Å². The lowest BCUT2D eigenvalue weighted by Crippen LogP contribution is -1.84. The number of ether oxygens (including phenoxy) is 1. The van der Waals surface area contributed by atoms with Gasteiger partial charge in [0.15, 0.2) is 0 Å². The van der Waals surface area contributed by atoms with E-state index in [2.05, 4.69) is 11.2 Å². The lowest BCUT2D eigenvalue weighted by atomic mass is 10.8. The summed E-state index contributed by atoms with van der Waals surface area (Å²) >= 11 is 4.23. The summed E-state index contributed by atoms with van der Waals surface area (Å²) < 4.78 is 15.2. The van der Waals surface area contributed by atoms with E-state index in [9.17, 15) is 4.20 Å². The number of halogens is 2. The molecule has 0 aliphatic heterocycles. The summed E-state index contributed by atoms with van der Waals surface area (Å²) in [6, 6.07) is 0. The third-order valence-electron chi connectivity index (χ3n) is 0.408. The molecule has 9 heavy (non-hydrogen) atoms. The number of hydrogen-bond acceptors (Lipinski definition) is 2. The van der Waals surface area contributed by atoms with Gasteiger partial charge in [0.2, 0.25) is 0 Å². The molecule has 0 aromatic carbocycles. The molecule has 5 heteroatoms. The third kappa shape index (κ3) is 56.0. The SMILES string of the molecule is CCOCC.OP(F)Cl. The van der Waals surface area contributed by atoms with Crippen LogP contribution in [0, 0.1) is 0 Å². The molecular weight excluding hydrogens is 165 g/mol. The van der Waals surface area contributed by atoms with Crippen LogP contribution in [0.2, 0.25) is 0 Å². The summed E-state index contributed by atoms with van der Waals surface area (Å²) in [6.07, 6.45) is 0. The van der Waals surface area contributed by atoms with E-state index in [1.54, 1.807) is 0 Å². The highest BCUT2D eigenvalue weighted by atomic mass is 35.7. The molecule has 0 heterocycles. The predicted molar refractivity (Wildman–Crippen MR) is 38.3 cm³/mol. The van der Waals surface area contributed by atoms with Gasteiger partial charge in [-0.15, -0.1) is 0 Å². The molecule has 1 atom stereocenters. The Hall–Kier alpha value is 0.570. The van der Waals surface area contributed by atoms with Gasteiger partial charge in [0.1, 0.15) is 0 Å². The van der Waals surface area contributed by atoms with Crippen molar-refractivity contribution in [3.05, 3.63) is 0 Å². The Morgan fingerprint density at radius 1 is 1.56 bits per heavy atom. The van der Waals surface area contributed by atoms with Gasteiger partial charge >= 0.3 is 7.81 Å². The minimum absolute atomic E-state index is 0.844. The average molecular weight is 177 g/mol. The van der Waals surface area contributed by atoms with E-state index in [1.807, 2.05) is 13.8 Å². The smallest absolute Gasteiger partial charge is 0.318 e. The minimum atomic E-state index is -2.65. The van der Waals surface area contributed by atoms with Crippen molar-refractivity contribution in [2.75, 3.05) is 13.2 Å². The molecule has 0 saturated heterocycles. The number of rotatable bonds is 2. The maximum absolute atomic E-state index is 10.4. The first-order valence-electron chi connectivity index (χ1n) is 2.53. The molecule has 0 saturated carbocycles. The van der Waals surface area contributed by atoms with Crippen LogP contribution in [0.1, 0.15) is 13.8 Å². The lowest BCUT2D eigenvalue weighted by molar-refractivity contribution is 0.162. The van der Waals surface area contributed by atoms with Crippen LogP contribution in [-0.2, 0) is 4.74 Å². The molecule has 2 nitrogen and oxygen atoms in total. The highest BCUT2D eigenvalue weighted by Gasteiger charge is 1.82. The standard InChI is InChI=1S/C4H10O.ClFHOP/c1-3-5-4-2;1-4(2)3/h3-4H2,1-2H3;3H. The van der Waals surface area contributed by atoms with Gasteiger partial charge in [-0.05, 0) is 25.1 Å². The molecule has 0 aliphatic carbocycles. The Labute approximate surface area is 60.7 Å². The minimum Gasteiger partial charge on any atom is -0.382 e. The molecule has 0 aromatic rings. The fourth-order valence-corrected chi connectivity index (χ4v) is 0.204. The largest absolute Gasteiger partial charge is 0.382 e. The van der Waals surface area contributed by atoms with Crippen molar-refractivity contribution in [1.82, 2.24) is 0 Å². The Bertz CT molecular complexity index is 42.8. The van der Waals surface area contributed by atoms with Gasteiger partial charge in [0.05, 0.1) is 0 Å². The van der Waals surface area contributed by atoms with Crippen molar-refractivity contribution in [1.29, 1.82) is 0 Å². The van der Waals surface area contributed by atoms with Crippen LogP contribution < -0.4 is 0 Å². The van der Waals surface area contributed by atoms with E-state index < -0.39 is 7.81 Å². The zero-order valence-electron chi connectivity index (χ0n) is 5.47. The second kappa shape index (κ2) is 11.4. The fraction of sp³-hybridized carbons (Fsp3) is 1.00. The summed E-state index contributed by atoms with van der Waals surface area (Å²) in [5, 5.41) is 0. The molecular formula is C4H11ClFO2P. The summed E-state index contributed by atoms with van der Waals surface area (Å²) in [5.41, 5.74) is 0. The van der Waals surface area contributed by atoms with Crippen molar-refractivity contribution in [2.24, 2.45) is 0 Å². The van der Waals surface area contributed by atoms with Crippen molar-refractivity contribution < 1.29 is 13.8 Å². The van der Waals surface area contributed by atoms with Crippen molar-refractivity contribution >= 4 is 19.1 Å².